The van der Waals surface area contributed by atoms with Gasteiger partial charge in [0.2, 0.25) is 0 Å². The highest BCUT2D eigenvalue weighted by Gasteiger charge is 2.47. The van der Waals surface area contributed by atoms with E-state index in [2.05, 4.69) is 253 Å². The summed E-state index contributed by atoms with van der Waals surface area (Å²) in [5, 5.41) is 11.8. The molecule has 0 radical (unpaired) electrons. The van der Waals surface area contributed by atoms with Crippen molar-refractivity contribution in [2.75, 3.05) is 153 Å². The molecule has 141 heavy (non-hydrogen) atoms. The number of hydrogen-bond donors (Lipinski definition) is 7. The highest BCUT2D eigenvalue weighted by atomic mass is 32.2. The first-order chi connectivity index (χ1) is 68.1. The molecular weight excluding hydrogens is 1850 g/mol. The van der Waals surface area contributed by atoms with Gasteiger partial charge in [0.25, 0.3) is 0 Å². The van der Waals surface area contributed by atoms with Crippen molar-refractivity contribution < 1.29 is 33.6 Å². The fraction of sp³-hybridized carbons (Fsp3) is 0.522. The Bertz CT molecular complexity index is 5810. The SMILES string of the molecule is CC(=O)CN(C)C(=O)N[C@H]1C[C@@H]2c3cccc4[nH]cc(c34)C[C@H]2N(C)C1.CC(=O)CSC[C@@H]1C[C@@H]2c3cccc4[nH]cc(c34)C[C@H]2N(C)C1.CC(=O)CSC[C@@H]1C[C@@H]2c3cccc4[nH]cc(c34)C[C@H]2N(C)C1.CC(=O)CSC[C@@H]1C[C@@H]2c3cccc4[nH]cc(c34)C[C@H]2N(C)C1.CC(=O)CSC[C@@H]1C[C@@H]2c3cccc4[nH]cc(c34)C[C@H]2N(C)C1.CC(=O)CSC[C@@H]1C[C@@H]2c3cccc4[nH]cc(c34)C[C@H]2N(C)C1. The summed E-state index contributed by atoms with van der Waals surface area (Å²) in [6.07, 6.45) is 27.2. The third kappa shape index (κ3) is 22.1. The molecule has 0 spiro atoms. The number of nitrogens with one attached hydrogen (secondary N) is 7. The summed E-state index contributed by atoms with van der Waals surface area (Å²) in [4.78, 5) is 117. The van der Waals surface area contributed by atoms with Crippen molar-refractivity contribution in [3.05, 3.63) is 213 Å². The molecule has 12 aliphatic rings. The highest BCUT2D eigenvalue weighted by Crippen LogP contribution is 2.52. The molecule has 748 valence electrons. The Labute approximate surface area is 853 Å². The second-order valence-corrected chi connectivity index (χ2v) is 49.1. The monoisotopic (exact) mass is 2000 g/mol. The highest BCUT2D eigenvalue weighted by molar-refractivity contribution is 8.00. The molecule has 2 amide bonds. The van der Waals surface area contributed by atoms with E-state index in [0.29, 0.717) is 130 Å². The zero-order valence-corrected chi connectivity index (χ0v) is 88.9. The van der Waals surface area contributed by atoms with E-state index < -0.39 is 0 Å². The zero-order chi connectivity index (χ0) is 98.3. The van der Waals surface area contributed by atoms with E-state index >= 15 is 0 Å². The van der Waals surface area contributed by atoms with E-state index in [4.69, 9.17) is 0 Å². The van der Waals surface area contributed by atoms with E-state index in [-0.39, 0.29) is 53.3 Å². The Morgan fingerprint density at radius 2 is 0.489 bits per heavy atom. The molecule has 0 unspecified atom stereocenters. The molecule has 7 N–H and O–H groups in total. The number of H-pyrrole nitrogens is 6. The summed E-state index contributed by atoms with van der Waals surface area (Å²) in [5.74, 6) is 17.2. The summed E-state index contributed by atoms with van der Waals surface area (Å²) in [6, 6.07) is 43.5. The molecule has 12 heterocycles. The van der Waals surface area contributed by atoms with Crippen LogP contribution in [0.2, 0.25) is 0 Å². The van der Waals surface area contributed by atoms with Gasteiger partial charge in [-0.25, -0.2) is 4.79 Å². The number of carbonyl (C=O) groups is 7. The van der Waals surface area contributed by atoms with Gasteiger partial charge in [-0.1, -0.05) is 72.8 Å². The van der Waals surface area contributed by atoms with Crippen molar-refractivity contribution in [2.24, 2.45) is 29.6 Å². The summed E-state index contributed by atoms with van der Waals surface area (Å²) < 4.78 is 0. The number of carbonyl (C=O) groups excluding carboxylic acids is 7. The Kier molecular flexibility index (Phi) is 31.8. The predicted octanol–water partition coefficient (Wildman–Crippen LogP) is 19.4. The van der Waals surface area contributed by atoms with E-state index in [1.165, 1.54) is 176 Å². The molecule has 26 heteroatoms. The smallest absolute Gasteiger partial charge is 0.317 e. The van der Waals surface area contributed by atoms with Crippen LogP contribution in [0, 0.1) is 29.6 Å². The molecule has 6 aromatic carbocycles. The fourth-order valence-corrected chi connectivity index (χ4v) is 32.4. The van der Waals surface area contributed by atoms with Crippen molar-refractivity contribution in [2.45, 2.75) is 196 Å². The van der Waals surface area contributed by atoms with Gasteiger partial charge in [0, 0.05) is 227 Å². The number of aromatic nitrogens is 6. The molecule has 0 saturated carbocycles. The maximum Gasteiger partial charge on any atom is 0.317 e. The van der Waals surface area contributed by atoms with E-state index in [9.17, 15) is 33.6 Å². The number of Topliss-reactive ketones (excluding diaryl/α,β-unsaturated/α-hetero) is 6. The molecule has 6 saturated heterocycles. The number of piperidine rings is 6. The fourth-order valence-electron chi connectivity index (χ4n) is 27.5. The molecule has 0 bridgehead atoms. The Morgan fingerprint density at radius 3 is 0.688 bits per heavy atom. The number of ketones is 6. The maximum atomic E-state index is 12.4. The number of fused-ring (bicyclic) bond motifs is 12. The number of likely N-dealkylation sites (tertiary alicyclic amines) is 6. The molecule has 6 aliphatic carbocycles. The van der Waals surface area contributed by atoms with E-state index in [0.717, 1.165) is 113 Å². The standard InChI is InChI=1S/C20H26N4O2.5C19H24N2OS/c1-12(25)10-24(3)20(26)22-14-8-16-15-5-4-6-17-19(15)13(9-21-17)7-18(16)23(2)11-14;5*1-12(22)10-23-11-13-6-16-15-4-3-5-17-19(15)14(8-20-17)7-18(16)21(2)9-13/h4-6,9,14,16,18,21H,7-8,10-11H2,1-3H3,(H,22,26);5*3-5,8,13,16,18,20H,6-7,9-11H2,1-2H3/t14-,16+,18+;5*13-,16-,18-/m011111/s1. The molecule has 24 rings (SSSR count). The molecular formula is C115H146N14O7S5. The van der Waals surface area contributed by atoms with E-state index in [1.54, 1.807) is 100 Å². The van der Waals surface area contributed by atoms with Gasteiger partial charge in [-0.3, -0.25) is 28.8 Å². The quantitative estimate of drug-likeness (QED) is 0.0314. The Hall–Kier alpha value is -8.64. The van der Waals surface area contributed by atoms with Gasteiger partial charge < -0.3 is 69.5 Å². The second kappa shape index (κ2) is 44.3. The van der Waals surface area contributed by atoms with Gasteiger partial charge >= 0.3 is 6.03 Å². The molecule has 18 atom stereocenters. The molecule has 6 aromatic heterocycles. The summed E-state index contributed by atoms with van der Waals surface area (Å²) >= 11 is 9.03. The lowest BCUT2D eigenvalue weighted by atomic mass is 9.73. The van der Waals surface area contributed by atoms with Crippen LogP contribution in [0.4, 0.5) is 4.79 Å². The molecule has 21 nitrogen and oxygen atoms in total. The van der Waals surface area contributed by atoms with Crippen LogP contribution in [-0.2, 0) is 67.3 Å². The first-order valence-corrected chi connectivity index (χ1v) is 57.5. The Balaban J connectivity index is 0.000000108. The number of rotatable bonds is 23. The van der Waals surface area contributed by atoms with E-state index in [1.807, 2.05) is 0 Å². The number of aromatic amines is 6. The lowest BCUT2D eigenvalue weighted by Gasteiger charge is -2.45. The minimum Gasteiger partial charge on any atom is -0.361 e. The number of hydrogen-bond acceptors (Lipinski definition) is 18. The summed E-state index contributed by atoms with van der Waals surface area (Å²) in [5.41, 5.74) is 25.5. The number of urea groups is 1. The average molecular weight is 2000 g/mol. The van der Waals surface area contributed by atoms with Crippen molar-refractivity contribution in [3.8, 4) is 0 Å². The molecule has 6 fully saturated rings. The predicted molar refractivity (Wildman–Crippen MR) is 588 cm³/mol. The molecule has 6 aliphatic heterocycles. The number of nitrogens with zero attached hydrogens (tertiary/aromatic N) is 7. The third-order valence-corrected chi connectivity index (χ3v) is 39.8. The zero-order valence-electron chi connectivity index (χ0n) is 84.8. The van der Waals surface area contributed by atoms with Crippen LogP contribution in [-0.4, -0.2) is 300 Å². The summed E-state index contributed by atoms with van der Waals surface area (Å²) in [6.45, 7) is 16.7. The number of likely N-dealkylation sites (N-methyl/N-ethyl adjacent to an activating group) is 7. The van der Waals surface area contributed by atoms with Crippen LogP contribution in [0.25, 0.3) is 65.4 Å². The van der Waals surface area contributed by atoms with Gasteiger partial charge in [-0.15, -0.1) is 0 Å². The lowest BCUT2D eigenvalue weighted by Crippen LogP contribution is -2.56. The lowest BCUT2D eigenvalue weighted by molar-refractivity contribution is -0.117. The number of amides is 2. The second-order valence-electron chi connectivity index (χ2n) is 43.9. The maximum absolute atomic E-state index is 12.4. The number of thioether (sulfide) groups is 5. The first kappa shape index (κ1) is 101. The largest absolute Gasteiger partial charge is 0.361 e. The first-order valence-electron chi connectivity index (χ1n) is 51.7. The summed E-state index contributed by atoms with van der Waals surface area (Å²) in [7, 11) is 15.2. The van der Waals surface area contributed by atoms with Gasteiger partial charge in [0.05, 0.1) is 35.3 Å². The minimum absolute atomic E-state index is 0.0116. The van der Waals surface area contributed by atoms with Gasteiger partial charge in [-0.05, 0) is 322 Å². The van der Waals surface area contributed by atoms with Crippen molar-refractivity contribution in [3.63, 3.8) is 0 Å². The van der Waals surface area contributed by atoms with Crippen LogP contribution in [0.1, 0.15) is 182 Å². The van der Waals surface area contributed by atoms with Crippen LogP contribution in [0.15, 0.2) is 146 Å². The van der Waals surface area contributed by atoms with Crippen LogP contribution >= 0.6 is 58.8 Å². The third-order valence-electron chi connectivity index (χ3n) is 33.2. The van der Waals surface area contributed by atoms with Crippen LogP contribution in [0.3, 0.4) is 0 Å². The normalized spacial score (nSPS) is 26.7. The van der Waals surface area contributed by atoms with Crippen molar-refractivity contribution in [1.29, 1.82) is 0 Å². The van der Waals surface area contributed by atoms with Crippen LogP contribution in [0.5, 0.6) is 0 Å². The van der Waals surface area contributed by atoms with Gasteiger partial charge in [0.15, 0.2) is 0 Å². The average Bonchev–Trinajstić information content (AvgIpc) is 1.65. The van der Waals surface area contributed by atoms with Crippen LogP contribution < -0.4 is 5.32 Å². The van der Waals surface area contributed by atoms with Gasteiger partial charge in [-0.2, -0.15) is 58.8 Å². The Morgan fingerprint density at radius 1 is 0.291 bits per heavy atom. The van der Waals surface area contributed by atoms with Gasteiger partial charge in [0.1, 0.15) is 34.7 Å². The topological polar surface area (TPSA) is 249 Å². The van der Waals surface area contributed by atoms with Crippen molar-refractivity contribution in [1.82, 2.24) is 69.5 Å². The van der Waals surface area contributed by atoms with Crippen molar-refractivity contribution >= 4 is 165 Å². The number of benzene rings is 6. The molecule has 12 aromatic rings. The minimum atomic E-state index is -0.173.